The molecule has 1 aromatic rings. The normalized spacial score (nSPS) is 23.6. The minimum absolute atomic E-state index is 0.385. The Morgan fingerprint density at radius 1 is 1.29 bits per heavy atom. The number of phenolic OH excluding ortho intramolecular Hbond substituents is 1. The first kappa shape index (κ1) is 10.9. The highest BCUT2D eigenvalue weighted by Gasteiger charge is 2.24. The fraction of sp³-hybridized carbons (Fsp3) is 0.571. The van der Waals surface area contributed by atoms with Crippen LogP contribution in [0.5, 0.6) is 5.75 Å². The van der Waals surface area contributed by atoms with Crippen LogP contribution in [0, 0.1) is 0 Å². The van der Waals surface area contributed by atoms with Crippen molar-refractivity contribution in [1.29, 1.82) is 0 Å². The fourth-order valence-corrected chi connectivity index (χ4v) is 2.75. The summed E-state index contributed by atoms with van der Waals surface area (Å²) in [5.41, 5.74) is 2.21. The Morgan fingerprint density at radius 2 is 2.18 bits per heavy atom. The fourth-order valence-electron chi connectivity index (χ4n) is 2.75. The van der Waals surface area contributed by atoms with Crippen molar-refractivity contribution in [3.63, 3.8) is 0 Å². The van der Waals surface area contributed by atoms with Crippen molar-refractivity contribution in [2.75, 3.05) is 18.4 Å². The molecule has 0 saturated heterocycles. The third-order valence-corrected chi connectivity index (χ3v) is 4.07. The smallest absolute Gasteiger partial charge is 0.138 e. The summed E-state index contributed by atoms with van der Waals surface area (Å²) in [6, 6.07) is 6.57. The molecule has 1 fully saturated rings. The molecule has 3 N–H and O–H groups in total. The molecular formula is C14H20N2O. The zero-order chi connectivity index (χ0) is 11.7. The van der Waals surface area contributed by atoms with E-state index >= 15 is 0 Å². The number of hydrogen-bond donors (Lipinski definition) is 3. The second kappa shape index (κ2) is 4.57. The maximum Gasteiger partial charge on any atom is 0.138 e. The summed E-state index contributed by atoms with van der Waals surface area (Å²) in [4.78, 5) is 0. The van der Waals surface area contributed by atoms with Gasteiger partial charge in [0, 0.05) is 25.0 Å². The summed E-state index contributed by atoms with van der Waals surface area (Å²) < 4.78 is 0. The van der Waals surface area contributed by atoms with E-state index in [9.17, 15) is 5.11 Å². The van der Waals surface area contributed by atoms with Crippen LogP contribution in [0.4, 0.5) is 5.69 Å². The van der Waals surface area contributed by atoms with Crippen molar-refractivity contribution in [3.8, 4) is 5.75 Å². The van der Waals surface area contributed by atoms with Gasteiger partial charge < -0.3 is 15.7 Å². The molecule has 3 rings (SSSR count). The SMILES string of the molecule is Oc1cccc2c1NCCC2CNC1CCC1. The van der Waals surface area contributed by atoms with E-state index in [0.717, 1.165) is 31.2 Å². The maximum atomic E-state index is 9.83. The largest absolute Gasteiger partial charge is 0.506 e. The van der Waals surface area contributed by atoms with Gasteiger partial charge in [-0.2, -0.15) is 0 Å². The predicted octanol–water partition coefficient (Wildman–Crippen LogP) is 2.43. The topological polar surface area (TPSA) is 44.3 Å². The number of para-hydroxylation sites is 1. The van der Waals surface area contributed by atoms with E-state index in [4.69, 9.17) is 0 Å². The molecule has 1 aromatic carbocycles. The molecule has 92 valence electrons. The zero-order valence-corrected chi connectivity index (χ0v) is 10.1. The number of benzene rings is 1. The van der Waals surface area contributed by atoms with E-state index in [1.165, 1.54) is 24.8 Å². The van der Waals surface area contributed by atoms with Gasteiger partial charge >= 0.3 is 0 Å². The zero-order valence-electron chi connectivity index (χ0n) is 10.1. The monoisotopic (exact) mass is 232 g/mol. The number of anilines is 1. The van der Waals surface area contributed by atoms with Crippen molar-refractivity contribution < 1.29 is 5.11 Å². The summed E-state index contributed by atoms with van der Waals surface area (Å²) in [6.45, 7) is 2.00. The average molecular weight is 232 g/mol. The van der Waals surface area contributed by atoms with Gasteiger partial charge in [0.15, 0.2) is 0 Å². The number of rotatable bonds is 3. The van der Waals surface area contributed by atoms with E-state index in [2.05, 4.69) is 16.7 Å². The molecule has 2 aliphatic rings. The first-order valence-electron chi connectivity index (χ1n) is 6.64. The second-order valence-corrected chi connectivity index (χ2v) is 5.19. The summed E-state index contributed by atoms with van der Waals surface area (Å²) in [7, 11) is 0. The van der Waals surface area contributed by atoms with Crippen molar-refractivity contribution in [1.82, 2.24) is 5.32 Å². The van der Waals surface area contributed by atoms with Crippen LogP contribution in [0.15, 0.2) is 18.2 Å². The van der Waals surface area contributed by atoms with Crippen LogP contribution in [0.1, 0.15) is 37.2 Å². The molecule has 1 saturated carbocycles. The van der Waals surface area contributed by atoms with Crippen molar-refractivity contribution in [2.24, 2.45) is 0 Å². The van der Waals surface area contributed by atoms with Crippen molar-refractivity contribution >= 4 is 5.69 Å². The van der Waals surface area contributed by atoms with Crippen LogP contribution in [0.25, 0.3) is 0 Å². The van der Waals surface area contributed by atoms with Crippen LogP contribution in [-0.4, -0.2) is 24.2 Å². The lowest BCUT2D eigenvalue weighted by molar-refractivity contribution is 0.329. The van der Waals surface area contributed by atoms with Gasteiger partial charge in [-0.05, 0) is 30.9 Å². The average Bonchev–Trinajstić information content (AvgIpc) is 2.28. The lowest BCUT2D eigenvalue weighted by Gasteiger charge is -2.32. The Balaban J connectivity index is 1.72. The highest BCUT2D eigenvalue weighted by molar-refractivity contribution is 5.64. The van der Waals surface area contributed by atoms with Gasteiger partial charge in [-0.1, -0.05) is 18.6 Å². The lowest BCUT2D eigenvalue weighted by Crippen LogP contribution is -2.38. The molecule has 0 bridgehead atoms. The molecular weight excluding hydrogens is 212 g/mol. The minimum atomic E-state index is 0.385. The first-order valence-corrected chi connectivity index (χ1v) is 6.64. The van der Waals surface area contributed by atoms with Crippen LogP contribution >= 0.6 is 0 Å². The van der Waals surface area contributed by atoms with E-state index in [1.807, 2.05) is 6.07 Å². The van der Waals surface area contributed by atoms with Crippen molar-refractivity contribution in [2.45, 2.75) is 37.6 Å². The van der Waals surface area contributed by atoms with E-state index in [0.29, 0.717) is 11.7 Å². The van der Waals surface area contributed by atoms with E-state index < -0.39 is 0 Å². The van der Waals surface area contributed by atoms with Gasteiger partial charge in [0.2, 0.25) is 0 Å². The highest BCUT2D eigenvalue weighted by Crippen LogP contribution is 2.37. The third kappa shape index (κ3) is 2.12. The maximum absolute atomic E-state index is 9.83. The molecule has 3 nitrogen and oxygen atoms in total. The van der Waals surface area contributed by atoms with Gasteiger partial charge in [0.25, 0.3) is 0 Å². The molecule has 3 heteroatoms. The molecule has 1 heterocycles. The van der Waals surface area contributed by atoms with Gasteiger partial charge in [-0.15, -0.1) is 0 Å². The first-order chi connectivity index (χ1) is 8.34. The van der Waals surface area contributed by atoms with Crippen LogP contribution in [0.2, 0.25) is 0 Å². The number of fused-ring (bicyclic) bond motifs is 1. The van der Waals surface area contributed by atoms with Gasteiger partial charge in [0.1, 0.15) is 5.75 Å². The van der Waals surface area contributed by atoms with Crippen LogP contribution in [-0.2, 0) is 0 Å². The van der Waals surface area contributed by atoms with Crippen LogP contribution < -0.4 is 10.6 Å². The molecule has 1 atom stereocenters. The summed E-state index contributed by atoms with van der Waals surface area (Å²) in [6.07, 6.45) is 5.19. The predicted molar refractivity (Wildman–Crippen MR) is 69.6 cm³/mol. The van der Waals surface area contributed by atoms with Gasteiger partial charge in [-0.3, -0.25) is 0 Å². The summed E-state index contributed by atoms with van der Waals surface area (Å²) >= 11 is 0. The lowest BCUT2D eigenvalue weighted by atomic mass is 9.88. The molecule has 17 heavy (non-hydrogen) atoms. The quantitative estimate of drug-likeness (QED) is 0.701. The molecule has 1 unspecified atom stereocenters. The number of nitrogens with one attached hydrogen (secondary N) is 2. The Morgan fingerprint density at radius 3 is 2.94 bits per heavy atom. The molecule has 0 amide bonds. The van der Waals surface area contributed by atoms with Crippen molar-refractivity contribution in [3.05, 3.63) is 23.8 Å². The molecule has 0 aromatic heterocycles. The minimum Gasteiger partial charge on any atom is -0.506 e. The Labute approximate surface area is 102 Å². The van der Waals surface area contributed by atoms with E-state index in [-0.39, 0.29) is 0 Å². The summed E-state index contributed by atoms with van der Waals surface area (Å²) in [5.74, 6) is 0.926. The highest BCUT2D eigenvalue weighted by atomic mass is 16.3. The summed E-state index contributed by atoms with van der Waals surface area (Å²) in [5, 5.41) is 16.8. The molecule has 0 radical (unpaired) electrons. The number of phenols is 1. The number of aromatic hydroxyl groups is 1. The molecule has 1 aliphatic heterocycles. The second-order valence-electron chi connectivity index (χ2n) is 5.19. The standard InChI is InChI=1S/C14H20N2O/c17-13-6-2-5-12-10(7-8-15-14(12)13)9-16-11-3-1-4-11/h2,5-6,10-11,15-17H,1,3-4,7-9H2. The molecule has 0 spiro atoms. The Kier molecular flexibility index (Phi) is 2.93. The van der Waals surface area contributed by atoms with E-state index in [1.54, 1.807) is 6.07 Å². The van der Waals surface area contributed by atoms with Gasteiger partial charge in [-0.25, -0.2) is 0 Å². The third-order valence-electron chi connectivity index (χ3n) is 4.07. The molecule has 1 aliphatic carbocycles. The Bertz CT molecular complexity index is 401. The van der Waals surface area contributed by atoms with Crippen LogP contribution in [0.3, 0.4) is 0 Å². The Hall–Kier alpha value is -1.22. The van der Waals surface area contributed by atoms with Gasteiger partial charge in [0.05, 0.1) is 5.69 Å². The number of hydrogen-bond acceptors (Lipinski definition) is 3.